The van der Waals surface area contributed by atoms with Gasteiger partial charge >= 0.3 is 6.18 Å². The summed E-state index contributed by atoms with van der Waals surface area (Å²) in [5.41, 5.74) is -0.266. The van der Waals surface area contributed by atoms with E-state index in [9.17, 15) is 21.6 Å². The summed E-state index contributed by atoms with van der Waals surface area (Å²) in [6.07, 6.45) is -1.13. The highest BCUT2D eigenvalue weighted by atomic mass is 127. The van der Waals surface area contributed by atoms with Crippen molar-refractivity contribution in [1.29, 1.82) is 0 Å². The van der Waals surface area contributed by atoms with Crippen LogP contribution < -0.4 is 15.4 Å². The first-order valence-corrected chi connectivity index (χ1v) is 10.9. The van der Waals surface area contributed by atoms with E-state index in [2.05, 4.69) is 20.3 Å². The maximum atomic E-state index is 12.9. The van der Waals surface area contributed by atoms with Gasteiger partial charge in [-0.05, 0) is 43.4 Å². The van der Waals surface area contributed by atoms with E-state index >= 15 is 0 Å². The molecule has 1 aliphatic rings. The van der Waals surface area contributed by atoms with E-state index in [1.807, 2.05) is 0 Å². The lowest BCUT2D eigenvalue weighted by atomic mass is 9.86. The van der Waals surface area contributed by atoms with E-state index in [0.717, 1.165) is 31.4 Å². The van der Waals surface area contributed by atoms with Crippen molar-refractivity contribution in [2.75, 3.05) is 25.9 Å². The van der Waals surface area contributed by atoms with Crippen LogP contribution >= 0.6 is 24.0 Å². The number of guanidine groups is 1. The third-order valence-corrected chi connectivity index (χ3v) is 6.12. The molecule has 1 aliphatic carbocycles. The number of aliphatic imine (C=N–C) groups is 1. The number of sulfonamides is 1. The van der Waals surface area contributed by atoms with Crippen molar-refractivity contribution in [3.05, 3.63) is 35.4 Å². The first-order chi connectivity index (χ1) is 13.1. The van der Waals surface area contributed by atoms with Gasteiger partial charge in [0.25, 0.3) is 0 Å². The van der Waals surface area contributed by atoms with Crippen molar-refractivity contribution >= 4 is 40.0 Å². The standard InChI is InChI=1S/C18H27F3N4O2S.HI/c1-13(15-7-4-8-16(11-15)18(19,20)21)25-17(22-2)23-9-10-28(26,27)24-12-14-5-3-6-14;/h4,7-8,11,13-14,24H,3,5-6,9-10,12H2,1-2H3,(H2,22,23,25);1H. The van der Waals surface area contributed by atoms with Gasteiger partial charge in [0.15, 0.2) is 5.96 Å². The van der Waals surface area contributed by atoms with E-state index in [4.69, 9.17) is 0 Å². The molecule has 1 aromatic carbocycles. The zero-order valence-electron chi connectivity index (χ0n) is 16.4. The Morgan fingerprint density at radius 2 is 2.00 bits per heavy atom. The molecule has 11 heteroatoms. The van der Waals surface area contributed by atoms with Gasteiger partial charge in [0.05, 0.1) is 17.4 Å². The van der Waals surface area contributed by atoms with Crippen LogP contribution in [0.2, 0.25) is 0 Å². The Labute approximate surface area is 187 Å². The Hall–Kier alpha value is -1.08. The average molecular weight is 548 g/mol. The van der Waals surface area contributed by atoms with Gasteiger partial charge in [-0.15, -0.1) is 24.0 Å². The molecule has 29 heavy (non-hydrogen) atoms. The van der Waals surface area contributed by atoms with Gasteiger partial charge in [0.1, 0.15) is 0 Å². The lowest BCUT2D eigenvalue weighted by Crippen LogP contribution is -2.42. The summed E-state index contributed by atoms with van der Waals surface area (Å²) < 4.78 is 65.2. The molecule has 1 saturated carbocycles. The number of alkyl halides is 3. The second-order valence-electron chi connectivity index (χ2n) is 6.95. The van der Waals surface area contributed by atoms with Crippen LogP contribution in [-0.2, 0) is 16.2 Å². The molecule has 1 aromatic rings. The van der Waals surface area contributed by atoms with E-state index in [0.29, 0.717) is 24.0 Å². The molecule has 0 radical (unpaired) electrons. The normalized spacial score (nSPS) is 16.5. The second kappa shape index (κ2) is 11.3. The van der Waals surface area contributed by atoms with Crippen LogP contribution in [0.15, 0.2) is 29.3 Å². The molecular weight excluding hydrogens is 520 g/mol. The number of halogens is 4. The molecule has 0 aromatic heterocycles. The Bertz CT molecular complexity index is 784. The van der Waals surface area contributed by atoms with Crippen molar-refractivity contribution in [3.8, 4) is 0 Å². The van der Waals surface area contributed by atoms with Crippen LogP contribution in [0.4, 0.5) is 13.2 Å². The molecule has 3 N–H and O–H groups in total. The quantitative estimate of drug-likeness (QED) is 0.265. The van der Waals surface area contributed by atoms with Gasteiger partial charge in [-0.1, -0.05) is 18.6 Å². The second-order valence-corrected chi connectivity index (χ2v) is 8.88. The first-order valence-electron chi connectivity index (χ1n) is 9.22. The lowest BCUT2D eigenvalue weighted by molar-refractivity contribution is -0.137. The van der Waals surface area contributed by atoms with Crippen LogP contribution in [-0.4, -0.2) is 40.3 Å². The molecule has 0 saturated heterocycles. The van der Waals surface area contributed by atoms with Crippen LogP contribution in [0.3, 0.4) is 0 Å². The van der Waals surface area contributed by atoms with Gasteiger partial charge in [-0.2, -0.15) is 13.2 Å². The molecule has 2 rings (SSSR count). The van der Waals surface area contributed by atoms with E-state index in [1.54, 1.807) is 13.0 Å². The summed E-state index contributed by atoms with van der Waals surface area (Å²) in [5, 5.41) is 5.86. The third kappa shape index (κ3) is 8.67. The minimum Gasteiger partial charge on any atom is -0.355 e. The molecule has 0 spiro atoms. The SMILES string of the molecule is CN=C(NCCS(=O)(=O)NCC1CCC1)NC(C)c1cccc(C(F)(F)F)c1.I. The minimum atomic E-state index is -4.41. The predicted molar refractivity (Wildman–Crippen MR) is 119 cm³/mol. The molecule has 166 valence electrons. The summed E-state index contributed by atoms with van der Waals surface area (Å²) in [6.45, 7) is 2.32. The molecule has 1 atom stereocenters. The maximum absolute atomic E-state index is 12.9. The number of rotatable bonds is 8. The maximum Gasteiger partial charge on any atom is 0.416 e. The highest BCUT2D eigenvalue weighted by molar-refractivity contribution is 14.0. The largest absolute Gasteiger partial charge is 0.416 e. The predicted octanol–water partition coefficient (Wildman–Crippen LogP) is 3.27. The van der Waals surface area contributed by atoms with Crippen molar-refractivity contribution in [3.63, 3.8) is 0 Å². The fourth-order valence-corrected chi connectivity index (χ4v) is 3.79. The summed E-state index contributed by atoms with van der Waals surface area (Å²) >= 11 is 0. The summed E-state index contributed by atoms with van der Waals surface area (Å²) in [7, 11) is -1.87. The molecule has 1 unspecified atom stereocenters. The van der Waals surface area contributed by atoms with E-state index in [1.165, 1.54) is 13.1 Å². The Kier molecular flexibility index (Phi) is 10.2. The van der Waals surface area contributed by atoms with Crippen LogP contribution in [0.1, 0.15) is 43.4 Å². The molecule has 0 heterocycles. The van der Waals surface area contributed by atoms with Gasteiger partial charge in [-0.3, -0.25) is 4.99 Å². The van der Waals surface area contributed by atoms with E-state index < -0.39 is 27.8 Å². The van der Waals surface area contributed by atoms with Crippen molar-refractivity contribution < 1.29 is 21.6 Å². The number of benzene rings is 1. The Morgan fingerprint density at radius 3 is 2.55 bits per heavy atom. The number of hydrogen-bond acceptors (Lipinski definition) is 3. The van der Waals surface area contributed by atoms with Crippen LogP contribution in [0.5, 0.6) is 0 Å². The minimum absolute atomic E-state index is 0. The molecular formula is C18H28F3IN4O2S. The van der Waals surface area contributed by atoms with Crippen LogP contribution in [0.25, 0.3) is 0 Å². The number of nitrogens with zero attached hydrogens (tertiary/aromatic N) is 1. The van der Waals surface area contributed by atoms with Crippen molar-refractivity contribution in [1.82, 2.24) is 15.4 Å². The number of hydrogen-bond donors (Lipinski definition) is 3. The lowest BCUT2D eigenvalue weighted by Gasteiger charge is -2.25. The Morgan fingerprint density at radius 1 is 1.31 bits per heavy atom. The van der Waals surface area contributed by atoms with Crippen LogP contribution in [0, 0.1) is 5.92 Å². The highest BCUT2D eigenvalue weighted by Gasteiger charge is 2.30. The first kappa shape index (κ1) is 26.0. The molecule has 0 aliphatic heterocycles. The van der Waals surface area contributed by atoms with Gasteiger partial charge in [0.2, 0.25) is 10.0 Å². The highest BCUT2D eigenvalue weighted by Crippen LogP contribution is 2.30. The molecule has 0 bridgehead atoms. The zero-order chi connectivity index (χ0) is 20.8. The monoisotopic (exact) mass is 548 g/mol. The van der Waals surface area contributed by atoms with Gasteiger partial charge < -0.3 is 10.6 Å². The summed E-state index contributed by atoms with van der Waals surface area (Å²) in [4.78, 5) is 4.00. The Balaban J connectivity index is 0.00000420. The fraction of sp³-hybridized carbons (Fsp3) is 0.611. The van der Waals surface area contributed by atoms with Gasteiger partial charge in [-0.25, -0.2) is 13.1 Å². The third-order valence-electron chi connectivity index (χ3n) is 4.77. The van der Waals surface area contributed by atoms with Crippen molar-refractivity contribution in [2.24, 2.45) is 10.9 Å². The summed E-state index contributed by atoms with van der Waals surface area (Å²) in [5.74, 6) is 0.642. The number of nitrogens with one attached hydrogen (secondary N) is 3. The topological polar surface area (TPSA) is 82.6 Å². The van der Waals surface area contributed by atoms with Crippen molar-refractivity contribution in [2.45, 2.75) is 38.4 Å². The van der Waals surface area contributed by atoms with Gasteiger partial charge in [0, 0.05) is 20.1 Å². The fourth-order valence-electron chi connectivity index (χ4n) is 2.79. The molecule has 0 amide bonds. The molecule has 6 nitrogen and oxygen atoms in total. The summed E-state index contributed by atoms with van der Waals surface area (Å²) in [6, 6.07) is 4.61. The van der Waals surface area contributed by atoms with E-state index in [-0.39, 0.29) is 36.3 Å². The average Bonchev–Trinajstić information content (AvgIpc) is 2.58. The smallest absolute Gasteiger partial charge is 0.355 e. The zero-order valence-corrected chi connectivity index (χ0v) is 19.6. The molecule has 1 fully saturated rings.